The van der Waals surface area contributed by atoms with E-state index in [1.807, 2.05) is 0 Å². The fraction of sp³-hybridized carbons (Fsp3) is 0.643. The summed E-state index contributed by atoms with van der Waals surface area (Å²) in [5, 5.41) is 3.30. The molecule has 0 amide bonds. The van der Waals surface area contributed by atoms with E-state index in [0.29, 0.717) is 17.8 Å². The van der Waals surface area contributed by atoms with E-state index in [9.17, 15) is 0 Å². The molecule has 21 heavy (non-hydrogen) atoms. The number of nitrogens with zero attached hydrogens (tertiary/aromatic N) is 3. The molecule has 3 rings (SSSR count). The number of ether oxygens (including phenoxy) is 1. The van der Waals surface area contributed by atoms with Crippen LogP contribution in [0.3, 0.4) is 0 Å². The predicted molar refractivity (Wildman–Crippen MR) is 81.0 cm³/mol. The molecule has 0 aliphatic heterocycles. The van der Waals surface area contributed by atoms with Crippen LogP contribution in [0.15, 0.2) is 12.7 Å². The molecule has 2 aromatic heterocycles. The minimum Gasteiger partial charge on any atom is -0.378 e. The van der Waals surface area contributed by atoms with Gasteiger partial charge in [-0.05, 0) is 32.1 Å². The zero-order valence-electron chi connectivity index (χ0n) is 12.1. The number of nitrogens with one attached hydrogen (secondary N) is 2. The zero-order chi connectivity index (χ0) is 14.5. The van der Waals surface area contributed by atoms with E-state index in [1.165, 1.54) is 6.33 Å². The normalized spacial score (nSPS) is 22.5. The molecule has 2 heterocycles. The lowest BCUT2D eigenvalue weighted by Gasteiger charge is -2.26. The maximum Gasteiger partial charge on any atom is 0.182 e. The third kappa shape index (κ3) is 3.68. The standard InChI is InChI=1S/C14H22N6O/c15-10-2-4-11(5-3-10)21-7-1-6-16-13-12-14(18-8-17-12)20-9-19-13/h8-11H,1-7,15H2,(H2,16,17,18,19,20). The highest BCUT2D eigenvalue weighted by Gasteiger charge is 2.18. The molecule has 4 N–H and O–H groups in total. The lowest BCUT2D eigenvalue weighted by atomic mass is 9.94. The van der Waals surface area contributed by atoms with Crippen LogP contribution in [-0.2, 0) is 4.74 Å². The Labute approximate surface area is 123 Å². The van der Waals surface area contributed by atoms with Crippen LogP contribution < -0.4 is 11.1 Å². The van der Waals surface area contributed by atoms with Gasteiger partial charge in [0, 0.05) is 19.2 Å². The third-order valence-electron chi connectivity index (χ3n) is 3.91. The van der Waals surface area contributed by atoms with Crippen molar-refractivity contribution >= 4 is 17.0 Å². The van der Waals surface area contributed by atoms with Crippen LogP contribution in [0.1, 0.15) is 32.1 Å². The topological polar surface area (TPSA) is 102 Å². The van der Waals surface area contributed by atoms with Crippen molar-refractivity contribution in [3.05, 3.63) is 12.7 Å². The largest absolute Gasteiger partial charge is 0.378 e. The Bertz CT molecular complexity index is 563. The Kier molecular flexibility index (Phi) is 4.62. The molecular formula is C14H22N6O. The summed E-state index contributed by atoms with van der Waals surface area (Å²) < 4.78 is 5.89. The molecule has 1 aliphatic carbocycles. The Morgan fingerprint density at radius 3 is 2.95 bits per heavy atom. The molecule has 0 aromatic carbocycles. The number of anilines is 1. The van der Waals surface area contributed by atoms with Crippen molar-refractivity contribution in [3.8, 4) is 0 Å². The fourth-order valence-corrected chi connectivity index (χ4v) is 2.68. The molecule has 1 aliphatic rings. The van der Waals surface area contributed by atoms with Crippen molar-refractivity contribution in [2.24, 2.45) is 5.73 Å². The quantitative estimate of drug-likeness (QED) is 0.696. The van der Waals surface area contributed by atoms with Gasteiger partial charge < -0.3 is 20.8 Å². The average molecular weight is 290 g/mol. The molecule has 0 bridgehead atoms. The van der Waals surface area contributed by atoms with Crippen LogP contribution in [0.2, 0.25) is 0 Å². The van der Waals surface area contributed by atoms with Crippen molar-refractivity contribution in [1.29, 1.82) is 0 Å². The maximum absolute atomic E-state index is 5.89. The van der Waals surface area contributed by atoms with Gasteiger partial charge >= 0.3 is 0 Å². The van der Waals surface area contributed by atoms with Crippen LogP contribution in [0.5, 0.6) is 0 Å². The average Bonchev–Trinajstić information content (AvgIpc) is 2.98. The van der Waals surface area contributed by atoms with Crippen LogP contribution in [0.4, 0.5) is 5.82 Å². The first-order valence-corrected chi connectivity index (χ1v) is 7.58. The molecule has 0 atom stereocenters. The van der Waals surface area contributed by atoms with Crippen molar-refractivity contribution < 1.29 is 4.74 Å². The molecule has 7 heteroatoms. The van der Waals surface area contributed by atoms with Gasteiger partial charge in [0.2, 0.25) is 0 Å². The van der Waals surface area contributed by atoms with Gasteiger partial charge in [0.1, 0.15) is 11.8 Å². The minimum absolute atomic E-state index is 0.376. The fourth-order valence-electron chi connectivity index (χ4n) is 2.68. The van der Waals surface area contributed by atoms with Crippen molar-refractivity contribution in [2.75, 3.05) is 18.5 Å². The second-order valence-electron chi connectivity index (χ2n) is 5.51. The number of rotatable bonds is 6. The summed E-state index contributed by atoms with van der Waals surface area (Å²) in [4.78, 5) is 15.5. The Morgan fingerprint density at radius 1 is 1.24 bits per heavy atom. The lowest BCUT2D eigenvalue weighted by Crippen LogP contribution is -2.30. The van der Waals surface area contributed by atoms with Gasteiger partial charge in [-0.3, -0.25) is 0 Å². The predicted octanol–water partition coefficient (Wildman–Crippen LogP) is 1.44. The third-order valence-corrected chi connectivity index (χ3v) is 3.91. The number of imidazole rings is 1. The van der Waals surface area contributed by atoms with E-state index in [-0.39, 0.29) is 0 Å². The molecule has 0 unspecified atom stereocenters. The lowest BCUT2D eigenvalue weighted by molar-refractivity contribution is 0.0251. The molecule has 0 radical (unpaired) electrons. The first-order valence-electron chi connectivity index (χ1n) is 7.58. The monoisotopic (exact) mass is 290 g/mol. The smallest absolute Gasteiger partial charge is 0.182 e. The van der Waals surface area contributed by atoms with Crippen molar-refractivity contribution in [3.63, 3.8) is 0 Å². The number of H-pyrrole nitrogens is 1. The van der Waals surface area contributed by atoms with E-state index >= 15 is 0 Å². The Morgan fingerprint density at radius 2 is 2.10 bits per heavy atom. The SMILES string of the molecule is NC1CCC(OCCCNc2ncnc3nc[nH]c23)CC1. The van der Waals surface area contributed by atoms with Gasteiger partial charge in [0.05, 0.1) is 12.4 Å². The van der Waals surface area contributed by atoms with E-state index in [0.717, 1.165) is 56.6 Å². The molecule has 1 fully saturated rings. The maximum atomic E-state index is 5.89. The summed E-state index contributed by atoms with van der Waals surface area (Å²) in [6.45, 7) is 1.58. The van der Waals surface area contributed by atoms with E-state index in [2.05, 4.69) is 25.3 Å². The van der Waals surface area contributed by atoms with Gasteiger partial charge in [0.15, 0.2) is 11.5 Å². The zero-order valence-corrected chi connectivity index (χ0v) is 12.1. The van der Waals surface area contributed by atoms with Crippen molar-refractivity contribution in [1.82, 2.24) is 19.9 Å². The molecule has 0 saturated heterocycles. The number of nitrogens with two attached hydrogens (primary N) is 1. The van der Waals surface area contributed by atoms with Crippen LogP contribution in [-0.4, -0.2) is 45.2 Å². The number of fused-ring (bicyclic) bond motifs is 1. The second-order valence-corrected chi connectivity index (χ2v) is 5.51. The van der Waals surface area contributed by atoms with Gasteiger partial charge in [0.25, 0.3) is 0 Å². The summed E-state index contributed by atoms with van der Waals surface area (Å²) in [6, 6.07) is 0.376. The first-order chi connectivity index (χ1) is 10.3. The number of hydrogen-bond donors (Lipinski definition) is 3. The molecule has 7 nitrogen and oxygen atoms in total. The molecule has 0 spiro atoms. The van der Waals surface area contributed by atoms with Gasteiger partial charge in [-0.15, -0.1) is 0 Å². The minimum atomic E-state index is 0.376. The number of hydrogen-bond acceptors (Lipinski definition) is 6. The molecular weight excluding hydrogens is 268 g/mol. The van der Waals surface area contributed by atoms with Crippen LogP contribution >= 0.6 is 0 Å². The highest BCUT2D eigenvalue weighted by molar-refractivity contribution is 5.81. The Hall–Kier alpha value is -1.73. The molecule has 114 valence electrons. The summed E-state index contributed by atoms with van der Waals surface area (Å²) in [5.41, 5.74) is 7.42. The highest BCUT2D eigenvalue weighted by atomic mass is 16.5. The van der Waals surface area contributed by atoms with Gasteiger partial charge in [-0.1, -0.05) is 0 Å². The molecule has 2 aromatic rings. The first kappa shape index (κ1) is 14.2. The van der Waals surface area contributed by atoms with E-state index < -0.39 is 0 Å². The Balaban J connectivity index is 1.38. The number of aromatic amines is 1. The summed E-state index contributed by atoms with van der Waals surface area (Å²) in [5.74, 6) is 0.793. The van der Waals surface area contributed by atoms with Crippen LogP contribution in [0.25, 0.3) is 11.2 Å². The second kappa shape index (κ2) is 6.82. The highest BCUT2D eigenvalue weighted by Crippen LogP contribution is 2.20. The summed E-state index contributed by atoms with van der Waals surface area (Å²) >= 11 is 0. The molecule has 1 saturated carbocycles. The van der Waals surface area contributed by atoms with E-state index in [4.69, 9.17) is 10.5 Å². The van der Waals surface area contributed by atoms with Gasteiger partial charge in [-0.2, -0.15) is 0 Å². The van der Waals surface area contributed by atoms with Crippen LogP contribution in [0, 0.1) is 0 Å². The summed E-state index contributed by atoms with van der Waals surface area (Å²) in [7, 11) is 0. The van der Waals surface area contributed by atoms with Gasteiger partial charge in [-0.25, -0.2) is 15.0 Å². The van der Waals surface area contributed by atoms with E-state index in [1.54, 1.807) is 6.33 Å². The van der Waals surface area contributed by atoms with Crippen molar-refractivity contribution in [2.45, 2.75) is 44.2 Å². The summed E-state index contributed by atoms with van der Waals surface area (Å²) in [6.07, 6.45) is 8.84. The number of aromatic nitrogens is 4.